The maximum absolute atomic E-state index is 9.34. The Kier molecular flexibility index (Phi) is 2.52. The second-order valence-electron chi connectivity index (χ2n) is 6.21. The van der Waals surface area contributed by atoms with Crippen molar-refractivity contribution in [1.29, 1.82) is 0 Å². The average molecular weight is 209 g/mol. The minimum absolute atomic E-state index is 0.192. The predicted molar refractivity (Wildman–Crippen MR) is 60.5 cm³/mol. The monoisotopic (exact) mass is 209 g/mol. The third kappa shape index (κ3) is 1.83. The SMILES string of the molecule is CC(O)CNC1C2CC3CC(C2)CC1C3. The normalized spacial score (nSPS) is 49.6. The van der Waals surface area contributed by atoms with Gasteiger partial charge in [-0.2, -0.15) is 0 Å². The van der Waals surface area contributed by atoms with Gasteiger partial charge in [-0.1, -0.05) is 0 Å². The average Bonchev–Trinajstić information content (AvgIpc) is 2.14. The van der Waals surface area contributed by atoms with Crippen LogP contribution in [-0.4, -0.2) is 23.8 Å². The molecule has 1 unspecified atom stereocenters. The van der Waals surface area contributed by atoms with Crippen LogP contribution < -0.4 is 5.32 Å². The molecule has 4 fully saturated rings. The van der Waals surface area contributed by atoms with Crippen molar-refractivity contribution in [3.8, 4) is 0 Å². The highest BCUT2D eigenvalue weighted by molar-refractivity contribution is 5.01. The highest BCUT2D eigenvalue weighted by Crippen LogP contribution is 2.53. The van der Waals surface area contributed by atoms with Crippen LogP contribution in [0.3, 0.4) is 0 Å². The van der Waals surface area contributed by atoms with Crippen molar-refractivity contribution in [2.45, 2.75) is 51.2 Å². The largest absolute Gasteiger partial charge is 0.392 e. The lowest BCUT2D eigenvalue weighted by Crippen LogP contribution is -2.55. The first-order valence-corrected chi connectivity index (χ1v) is 6.64. The summed E-state index contributed by atoms with van der Waals surface area (Å²) in [4.78, 5) is 0. The lowest BCUT2D eigenvalue weighted by atomic mass is 9.54. The summed E-state index contributed by atoms with van der Waals surface area (Å²) in [5, 5.41) is 13.0. The summed E-state index contributed by atoms with van der Waals surface area (Å²) in [6, 6.07) is 0.729. The molecule has 2 heteroatoms. The van der Waals surface area contributed by atoms with Crippen LogP contribution in [0.5, 0.6) is 0 Å². The van der Waals surface area contributed by atoms with Crippen molar-refractivity contribution in [2.75, 3.05) is 6.54 Å². The van der Waals surface area contributed by atoms with Crippen LogP contribution in [0.2, 0.25) is 0 Å². The van der Waals surface area contributed by atoms with Gasteiger partial charge in [0.05, 0.1) is 6.10 Å². The number of hydrogen-bond acceptors (Lipinski definition) is 2. The van der Waals surface area contributed by atoms with Crippen LogP contribution in [0, 0.1) is 23.7 Å². The van der Waals surface area contributed by atoms with Gasteiger partial charge in [-0.25, -0.2) is 0 Å². The first kappa shape index (κ1) is 10.1. The summed E-state index contributed by atoms with van der Waals surface area (Å²) in [6.07, 6.45) is 7.18. The Morgan fingerprint density at radius 1 is 1.07 bits per heavy atom. The van der Waals surface area contributed by atoms with Gasteiger partial charge < -0.3 is 10.4 Å². The zero-order valence-corrected chi connectivity index (χ0v) is 9.65. The summed E-state index contributed by atoms with van der Waals surface area (Å²) in [7, 11) is 0. The van der Waals surface area contributed by atoms with Crippen LogP contribution in [-0.2, 0) is 0 Å². The van der Waals surface area contributed by atoms with Gasteiger partial charge in [0, 0.05) is 12.6 Å². The van der Waals surface area contributed by atoms with Crippen LogP contribution in [0.4, 0.5) is 0 Å². The van der Waals surface area contributed by atoms with Gasteiger partial charge in [0.1, 0.15) is 0 Å². The van der Waals surface area contributed by atoms with Gasteiger partial charge in [0.25, 0.3) is 0 Å². The smallest absolute Gasteiger partial charge is 0.0636 e. The zero-order valence-electron chi connectivity index (χ0n) is 9.65. The lowest BCUT2D eigenvalue weighted by molar-refractivity contribution is -0.0167. The molecular weight excluding hydrogens is 186 g/mol. The zero-order chi connectivity index (χ0) is 10.4. The molecule has 0 aromatic rings. The Bertz CT molecular complexity index is 211. The van der Waals surface area contributed by atoms with E-state index in [1.54, 1.807) is 0 Å². The molecule has 0 heterocycles. The Labute approximate surface area is 92.4 Å². The van der Waals surface area contributed by atoms with Crippen LogP contribution in [0.1, 0.15) is 39.0 Å². The summed E-state index contributed by atoms with van der Waals surface area (Å²) < 4.78 is 0. The van der Waals surface area contributed by atoms with E-state index in [1.165, 1.54) is 32.1 Å². The lowest BCUT2D eigenvalue weighted by Gasteiger charge is -2.54. The maximum Gasteiger partial charge on any atom is 0.0636 e. The fourth-order valence-corrected chi connectivity index (χ4v) is 4.57. The fourth-order valence-electron chi connectivity index (χ4n) is 4.57. The van der Waals surface area contributed by atoms with Crippen molar-refractivity contribution >= 4 is 0 Å². The van der Waals surface area contributed by atoms with Gasteiger partial charge in [0.15, 0.2) is 0 Å². The number of nitrogens with one attached hydrogen (secondary N) is 1. The molecule has 0 aromatic heterocycles. The maximum atomic E-state index is 9.34. The van der Waals surface area contributed by atoms with E-state index in [9.17, 15) is 5.11 Å². The van der Waals surface area contributed by atoms with Gasteiger partial charge in [-0.3, -0.25) is 0 Å². The van der Waals surface area contributed by atoms with E-state index in [0.717, 1.165) is 36.3 Å². The number of hydrogen-bond donors (Lipinski definition) is 2. The molecule has 1 atom stereocenters. The summed E-state index contributed by atoms with van der Waals surface area (Å²) in [5.74, 6) is 3.97. The second kappa shape index (κ2) is 3.74. The molecule has 0 amide bonds. The quantitative estimate of drug-likeness (QED) is 0.742. The van der Waals surface area contributed by atoms with Gasteiger partial charge in [-0.15, -0.1) is 0 Å². The van der Waals surface area contributed by atoms with E-state index in [-0.39, 0.29) is 6.10 Å². The molecule has 0 saturated heterocycles. The molecular formula is C13H23NO. The molecule has 2 nitrogen and oxygen atoms in total. The third-order valence-electron chi connectivity index (χ3n) is 4.88. The predicted octanol–water partition coefficient (Wildman–Crippen LogP) is 1.78. The molecule has 0 radical (unpaired) electrons. The van der Waals surface area contributed by atoms with Gasteiger partial charge in [-0.05, 0) is 62.7 Å². The highest BCUT2D eigenvalue weighted by Gasteiger charge is 2.47. The van der Waals surface area contributed by atoms with E-state index in [0.29, 0.717) is 0 Å². The Morgan fingerprint density at radius 3 is 2.07 bits per heavy atom. The minimum Gasteiger partial charge on any atom is -0.392 e. The summed E-state index contributed by atoms with van der Waals surface area (Å²) in [6.45, 7) is 2.66. The van der Waals surface area contributed by atoms with Crippen LogP contribution >= 0.6 is 0 Å². The van der Waals surface area contributed by atoms with Crippen molar-refractivity contribution in [2.24, 2.45) is 23.7 Å². The first-order chi connectivity index (χ1) is 7.22. The van der Waals surface area contributed by atoms with E-state index in [1.807, 2.05) is 6.92 Å². The standard InChI is InChI=1S/C13H23NO/c1-8(15)7-14-13-11-3-9-2-10(5-11)6-12(13)4-9/h8-15H,2-7H2,1H3. The van der Waals surface area contributed by atoms with Crippen LogP contribution in [0.25, 0.3) is 0 Å². The molecule has 4 rings (SSSR count). The fraction of sp³-hybridized carbons (Fsp3) is 1.00. The van der Waals surface area contributed by atoms with Gasteiger partial charge in [0.2, 0.25) is 0 Å². The molecule has 4 aliphatic carbocycles. The molecule has 15 heavy (non-hydrogen) atoms. The second-order valence-corrected chi connectivity index (χ2v) is 6.21. The summed E-state index contributed by atoms with van der Waals surface area (Å²) in [5.41, 5.74) is 0. The number of rotatable bonds is 3. The molecule has 0 aliphatic heterocycles. The third-order valence-corrected chi connectivity index (χ3v) is 4.88. The van der Waals surface area contributed by atoms with E-state index >= 15 is 0 Å². The Balaban J connectivity index is 1.64. The van der Waals surface area contributed by atoms with E-state index in [4.69, 9.17) is 0 Å². The van der Waals surface area contributed by atoms with Crippen molar-refractivity contribution in [1.82, 2.24) is 5.32 Å². The van der Waals surface area contributed by atoms with Crippen molar-refractivity contribution in [3.63, 3.8) is 0 Å². The molecule has 4 saturated carbocycles. The number of aliphatic hydroxyl groups is 1. The topological polar surface area (TPSA) is 32.3 Å². The molecule has 86 valence electrons. The molecule has 4 aliphatic rings. The molecule has 2 N–H and O–H groups in total. The van der Waals surface area contributed by atoms with E-state index in [2.05, 4.69) is 5.32 Å². The first-order valence-electron chi connectivity index (χ1n) is 6.64. The Morgan fingerprint density at radius 2 is 1.60 bits per heavy atom. The van der Waals surface area contributed by atoms with Gasteiger partial charge >= 0.3 is 0 Å². The molecule has 0 aromatic carbocycles. The minimum atomic E-state index is -0.192. The van der Waals surface area contributed by atoms with Crippen LogP contribution in [0.15, 0.2) is 0 Å². The van der Waals surface area contributed by atoms with E-state index < -0.39 is 0 Å². The number of aliphatic hydroxyl groups excluding tert-OH is 1. The van der Waals surface area contributed by atoms with Crippen molar-refractivity contribution < 1.29 is 5.11 Å². The summed E-state index contributed by atoms with van der Waals surface area (Å²) >= 11 is 0. The molecule has 4 bridgehead atoms. The molecule has 0 spiro atoms. The van der Waals surface area contributed by atoms with Crippen molar-refractivity contribution in [3.05, 3.63) is 0 Å². The Hall–Kier alpha value is -0.0800. The highest BCUT2D eigenvalue weighted by atomic mass is 16.3.